The molecule has 1 aromatic carbocycles. The van der Waals surface area contributed by atoms with Crippen LogP contribution in [0, 0.1) is 12.8 Å². The second-order valence-electron chi connectivity index (χ2n) is 6.59. The Morgan fingerprint density at radius 2 is 2.30 bits per heavy atom. The minimum absolute atomic E-state index is 0.320. The summed E-state index contributed by atoms with van der Waals surface area (Å²) in [6.45, 7) is 7.50. The molecular formula is C18H26ClN3O. The van der Waals surface area contributed by atoms with Gasteiger partial charge >= 0.3 is 0 Å². The Hall–Kier alpha value is -1.07. The third-order valence-electron chi connectivity index (χ3n) is 4.89. The van der Waals surface area contributed by atoms with Gasteiger partial charge in [0.05, 0.1) is 0 Å². The molecule has 1 saturated heterocycles. The predicted molar refractivity (Wildman–Crippen MR) is 96.0 cm³/mol. The Labute approximate surface area is 142 Å². The molecule has 0 aliphatic carbocycles. The number of nitrogens with zero attached hydrogens (tertiary/aromatic N) is 1. The fraction of sp³-hybridized carbons (Fsp3) is 0.556. The van der Waals surface area contributed by atoms with E-state index in [0.29, 0.717) is 12.5 Å². The van der Waals surface area contributed by atoms with Gasteiger partial charge in [-0.05, 0) is 56.0 Å². The van der Waals surface area contributed by atoms with Crippen LogP contribution in [0.3, 0.4) is 0 Å². The van der Waals surface area contributed by atoms with Gasteiger partial charge in [0.25, 0.3) is 0 Å². The molecule has 23 heavy (non-hydrogen) atoms. The molecule has 2 aromatic rings. The molecule has 5 heteroatoms. The zero-order valence-corrected chi connectivity index (χ0v) is 14.5. The van der Waals surface area contributed by atoms with Crippen LogP contribution in [0.1, 0.15) is 24.1 Å². The Balaban J connectivity index is 1.50. The van der Waals surface area contributed by atoms with Gasteiger partial charge in [-0.2, -0.15) is 0 Å². The van der Waals surface area contributed by atoms with E-state index in [-0.39, 0.29) is 0 Å². The highest BCUT2D eigenvalue weighted by Gasteiger charge is 2.18. The normalized spacial score (nSPS) is 19.5. The van der Waals surface area contributed by atoms with Crippen LogP contribution < -0.4 is 5.32 Å². The van der Waals surface area contributed by atoms with Gasteiger partial charge < -0.3 is 20.3 Å². The monoisotopic (exact) mass is 335 g/mol. The Morgan fingerprint density at radius 1 is 1.43 bits per heavy atom. The SMILES string of the molecule is Cc1c(CNCCN2CCC[C@H](CO)C2)[nH]c2ccc(Cl)cc12. The van der Waals surface area contributed by atoms with E-state index < -0.39 is 0 Å². The first-order chi connectivity index (χ1) is 11.2. The Kier molecular flexibility index (Phi) is 5.59. The molecule has 2 heterocycles. The van der Waals surface area contributed by atoms with Crippen molar-refractivity contribution in [3.8, 4) is 0 Å². The standard InChI is InChI=1S/C18H26ClN3O/c1-13-16-9-15(19)4-5-17(16)21-18(13)10-20-6-8-22-7-2-3-14(11-22)12-23/h4-5,9,14,20-21,23H,2-3,6-8,10-12H2,1H3/t14-/m0/s1. The Morgan fingerprint density at radius 3 is 3.13 bits per heavy atom. The van der Waals surface area contributed by atoms with Crippen LogP contribution in [-0.2, 0) is 6.54 Å². The van der Waals surface area contributed by atoms with Crippen molar-refractivity contribution >= 4 is 22.5 Å². The number of aromatic nitrogens is 1. The summed E-state index contributed by atoms with van der Waals surface area (Å²) in [7, 11) is 0. The highest BCUT2D eigenvalue weighted by molar-refractivity contribution is 6.31. The molecule has 1 fully saturated rings. The van der Waals surface area contributed by atoms with Crippen molar-refractivity contribution in [1.29, 1.82) is 0 Å². The summed E-state index contributed by atoms with van der Waals surface area (Å²) in [5.74, 6) is 0.462. The molecule has 3 rings (SSSR count). The van der Waals surface area contributed by atoms with Crippen LogP contribution in [0.2, 0.25) is 5.02 Å². The second-order valence-corrected chi connectivity index (χ2v) is 7.02. The third-order valence-corrected chi connectivity index (χ3v) is 5.13. The van der Waals surface area contributed by atoms with Gasteiger partial charge in [0.2, 0.25) is 0 Å². The molecule has 0 spiro atoms. The average Bonchev–Trinajstić information content (AvgIpc) is 2.88. The first kappa shape index (κ1) is 16.8. The lowest BCUT2D eigenvalue weighted by atomic mass is 9.99. The molecule has 1 aromatic heterocycles. The van der Waals surface area contributed by atoms with Crippen molar-refractivity contribution in [2.75, 3.05) is 32.8 Å². The highest BCUT2D eigenvalue weighted by Crippen LogP contribution is 2.24. The van der Waals surface area contributed by atoms with E-state index in [1.54, 1.807) is 0 Å². The van der Waals surface area contributed by atoms with E-state index in [4.69, 9.17) is 11.6 Å². The molecule has 3 N–H and O–H groups in total. The van der Waals surface area contributed by atoms with Crippen LogP contribution >= 0.6 is 11.6 Å². The maximum Gasteiger partial charge on any atom is 0.0471 e. The maximum absolute atomic E-state index is 9.29. The molecule has 1 aliphatic rings. The summed E-state index contributed by atoms with van der Waals surface area (Å²) < 4.78 is 0. The summed E-state index contributed by atoms with van der Waals surface area (Å²) >= 11 is 6.08. The van der Waals surface area contributed by atoms with Gasteiger partial charge in [0.15, 0.2) is 0 Å². The van der Waals surface area contributed by atoms with Crippen molar-refractivity contribution in [2.24, 2.45) is 5.92 Å². The second kappa shape index (κ2) is 7.67. The van der Waals surface area contributed by atoms with Gasteiger partial charge in [-0.15, -0.1) is 0 Å². The molecule has 126 valence electrons. The number of halogens is 1. The number of benzene rings is 1. The topological polar surface area (TPSA) is 51.3 Å². The average molecular weight is 336 g/mol. The molecule has 0 radical (unpaired) electrons. The van der Waals surface area contributed by atoms with E-state index in [1.165, 1.54) is 23.1 Å². The van der Waals surface area contributed by atoms with Crippen LogP contribution in [-0.4, -0.2) is 47.8 Å². The summed E-state index contributed by atoms with van der Waals surface area (Å²) in [6, 6.07) is 5.98. The lowest BCUT2D eigenvalue weighted by molar-refractivity contribution is 0.121. The molecule has 1 atom stereocenters. The molecule has 0 saturated carbocycles. The number of aliphatic hydroxyl groups is 1. The number of aryl methyl sites for hydroxylation is 1. The summed E-state index contributed by atoms with van der Waals surface area (Å²) in [5, 5.41) is 14.8. The van der Waals surface area contributed by atoms with Crippen molar-refractivity contribution in [1.82, 2.24) is 15.2 Å². The molecule has 0 amide bonds. The van der Waals surface area contributed by atoms with E-state index in [1.807, 2.05) is 18.2 Å². The van der Waals surface area contributed by atoms with Crippen LogP contribution in [0.15, 0.2) is 18.2 Å². The van der Waals surface area contributed by atoms with Crippen molar-refractivity contribution < 1.29 is 5.11 Å². The van der Waals surface area contributed by atoms with Crippen molar-refractivity contribution in [2.45, 2.75) is 26.3 Å². The van der Waals surface area contributed by atoms with Gasteiger partial charge in [0.1, 0.15) is 0 Å². The van der Waals surface area contributed by atoms with Crippen molar-refractivity contribution in [3.63, 3.8) is 0 Å². The van der Waals surface area contributed by atoms with E-state index in [2.05, 4.69) is 22.1 Å². The number of likely N-dealkylation sites (tertiary alicyclic amines) is 1. The fourth-order valence-electron chi connectivity index (χ4n) is 3.49. The first-order valence-corrected chi connectivity index (χ1v) is 8.86. The van der Waals surface area contributed by atoms with Crippen LogP contribution in [0.4, 0.5) is 0 Å². The smallest absolute Gasteiger partial charge is 0.0471 e. The minimum atomic E-state index is 0.320. The van der Waals surface area contributed by atoms with Crippen molar-refractivity contribution in [3.05, 3.63) is 34.5 Å². The van der Waals surface area contributed by atoms with E-state index in [9.17, 15) is 5.11 Å². The summed E-state index contributed by atoms with van der Waals surface area (Å²) in [6.07, 6.45) is 2.37. The Bertz CT molecular complexity index is 655. The van der Waals surface area contributed by atoms with E-state index in [0.717, 1.165) is 49.7 Å². The van der Waals surface area contributed by atoms with Gasteiger partial charge in [-0.3, -0.25) is 0 Å². The number of piperidine rings is 1. The van der Waals surface area contributed by atoms with Gasteiger partial charge in [-0.1, -0.05) is 11.6 Å². The van der Waals surface area contributed by atoms with Crippen LogP contribution in [0.5, 0.6) is 0 Å². The molecular weight excluding hydrogens is 310 g/mol. The van der Waals surface area contributed by atoms with Gasteiger partial charge in [0, 0.05) is 54.4 Å². The maximum atomic E-state index is 9.29. The number of aliphatic hydroxyl groups excluding tert-OH is 1. The number of H-pyrrole nitrogens is 1. The fourth-order valence-corrected chi connectivity index (χ4v) is 3.66. The van der Waals surface area contributed by atoms with Gasteiger partial charge in [-0.25, -0.2) is 0 Å². The van der Waals surface area contributed by atoms with E-state index >= 15 is 0 Å². The molecule has 1 aliphatic heterocycles. The number of rotatable bonds is 6. The number of aromatic amines is 1. The van der Waals surface area contributed by atoms with Crippen LogP contribution in [0.25, 0.3) is 10.9 Å². The number of hydrogen-bond donors (Lipinski definition) is 3. The minimum Gasteiger partial charge on any atom is -0.396 e. The molecule has 0 unspecified atom stereocenters. The lowest BCUT2D eigenvalue weighted by Gasteiger charge is -2.31. The first-order valence-electron chi connectivity index (χ1n) is 8.48. The zero-order chi connectivity index (χ0) is 16.2. The number of hydrogen-bond acceptors (Lipinski definition) is 3. The third kappa shape index (κ3) is 4.07. The lowest BCUT2D eigenvalue weighted by Crippen LogP contribution is -2.40. The predicted octanol–water partition coefficient (Wildman–Crippen LogP) is 2.92. The largest absolute Gasteiger partial charge is 0.396 e. The molecule has 0 bridgehead atoms. The molecule has 4 nitrogen and oxygen atoms in total. The summed E-state index contributed by atoms with van der Waals surface area (Å²) in [4.78, 5) is 5.93. The zero-order valence-electron chi connectivity index (χ0n) is 13.7. The quantitative estimate of drug-likeness (QED) is 0.711. The number of fused-ring (bicyclic) bond motifs is 1. The highest BCUT2D eigenvalue weighted by atomic mass is 35.5. The summed E-state index contributed by atoms with van der Waals surface area (Å²) in [5.41, 5.74) is 3.65. The number of nitrogens with one attached hydrogen (secondary N) is 2.